The molecule has 0 aromatic carbocycles. The van der Waals surface area contributed by atoms with Gasteiger partial charge in [0.1, 0.15) is 0 Å². The maximum atomic E-state index is 12.4. The van der Waals surface area contributed by atoms with Crippen molar-refractivity contribution in [3.05, 3.63) is 0 Å². The van der Waals surface area contributed by atoms with E-state index in [0.717, 1.165) is 6.42 Å². The molecule has 1 rings (SSSR count). The predicted octanol–water partition coefficient (Wildman–Crippen LogP) is 0.764. The van der Waals surface area contributed by atoms with Gasteiger partial charge in [-0.15, -0.1) is 0 Å². The molecule has 1 unspecified atom stereocenters. The molecule has 0 saturated carbocycles. The van der Waals surface area contributed by atoms with Gasteiger partial charge in [0.15, 0.2) is 0 Å². The summed E-state index contributed by atoms with van der Waals surface area (Å²) in [7, 11) is 1.60. The summed E-state index contributed by atoms with van der Waals surface area (Å²) in [5.41, 5.74) is 5.09. The molecule has 24 heavy (non-hydrogen) atoms. The van der Waals surface area contributed by atoms with Crippen molar-refractivity contribution in [3.63, 3.8) is 0 Å². The monoisotopic (exact) mass is 341 g/mol. The number of ether oxygens (including phenoxy) is 1. The number of nitrogens with two attached hydrogens (primary N) is 1. The number of carbonyl (C=O) groups excluding carboxylic acids is 3. The second-order valence-corrected chi connectivity index (χ2v) is 6.74. The van der Waals surface area contributed by atoms with Gasteiger partial charge < -0.3 is 20.3 Å². The Morgan fingerprint density at radius 3 is 2.33 bits per heavy atom. The smallest absolute Gasteiger partial charge is 0.309 e. The molecule has 0 aromatic rings. The van der Waals surface area contributed by atoms with Crippen molar-refractivity contribution < 1.29 is 19.1 Å². The van der Waals surface area contributed by atoms with E-state index in [0.29, 0.717) is 39.0 Å². The Labute approximate surface area is 144 Å². The lowest BCUT2D eigenvalue weighted by Gasteiger charge is -2.33. The first kappa shape index (κ1) is 20.4. The van der Waals surface area contributed by atoms with Crippen LogP contribution in [0.3, 0.4) is 0 Å². The summed E-state index contributed by atoms with van der Waals surface area (Å²) in [4.78, 5) is 39.6. The summed E-state index contributed by atoms with van der Waals surface area (Å²) in [6.07, 6.45) is 2.59. The number of hydrogen-bond donors (Lipinski definition) is 1. The van der Waals surface area contributed by atoms with Crippen LogP contribution in [0.25, 0.3) is 0 Å². The highest BCUT2D eigenvalue weighted by atomic mass is 16.5. The van der Waals surface area contributed by atoms with E-state index < -0.39 is 5.54 Å². The van der Waals surface area contributed by atoms with Gasteiger partial charge >= 0.3 is 5.97 Å². The highest BCUT2D eigenvalue weighted by molar-refractivity contribution is 5.89. The van der Waals surface area contributed by atoms with Gasteiger partial charge in [-0.05, 0) is 33.1 Å². The van der Waals surface area contributed by atoms with Crippen LogP contribution in [0.1, 0.15) is 46.5 Å². The van der Waals surface area contributed by atoms with Gasteiger partial charge in [0.25, 0.3) is 0 Å². The lowest BCUT2D eigenvalue weighted by molar-refractivity contribution is -0.151. The fourth-order valence-corrected chi connectivity index (χ4v) is 3.06. The zero-order valence-electron chi connectivity index (χ0n) is 15.3. The maximum absolute atomic E-state index is 12.4. The average Bonchev–Trinajstić information content (AvgIpc) is 2.54. The van der Waals surface area contributed by atoms with Gasteiger partial charge in [-0.1, -0.05) is 13.3 Å². The Morgan fingerprint density at radius 2 is 1.83 bits per heavy atom. The third-order valence-electron chi connectivity index (χ3n) is 4.44. The largest absolute Gasteiger partial charge is 0.466 e. The molecular formula is C17H31N3O4. The molecule has 1 saturated heterocycles. The number of rotatable bonds is 7. The SMILES string of the molecule is CCCC(C)(N)C(=O)N(C)CC(=O)N1CCC(C(=O)OCC)CC1. The average molecular weight is 341 g/mol. The fourth-order valence-electron chi connectivity index (χ4n) is 3.06. The van der Waals surface area contributed by atoms with Crippen molar-refractivity contribution in [1.29, 1.82) is 0 Å². The van der Waals surface area contributed by atoms with Gasteiger partial charge in [-0.3, -0.25) is 14.4 Å². The van der Waals surface area contributed by atoms with E-state index in [1.54, 1.807) is 25.8 Å². The molecule has 1 heterocycles. The van der Waals surface area contributed by atoms with Crippen LogP contribution in [0.5, 0.6) is 0 Å². The van der Waals surface area contributed by atoms with Gasteiger partial charge in [0.2, 0.25) is 11.8 Å². The lowest BCUT2D eigenvalue weighted by Crippen LogP contribution is -2.54. The van der Waals surface area contributed by atoms with Crippen LogP contribution < -0.4 is 5.73 Å². The summed E-state index contributed by atoms with van der Waals surface area (Å²) in [6.45, 7) is 6.87. The van der Waals surface area contributed by atoms with Gasteiger partial charge in [0, 0.05) is 20.1 Å². The van der Waals surface area contributed by atoms with E-state index in [1.165, 1.54) is 4.90 Å². The van der Waals surface area contributed by atoms with E-state index >= 15 is 0 Å². The van der Waals surface area contributed by atoms with Crippen molar-refractivity contribution in [1.82, 2.24) is 9.80 Å². The molecule has 0 spiro atoms. The lowest BCUT2D eigenvalue weighted by atomic mass is 9.95. The minimum atomic E-state index is -0.944. The Kier molecular flexibility index (Phi) is 7.66. The zero-order chi connectivity index (χ0) is 18.3. The van der Waals surface area contributed by atoms with Crippen LogP contribution in [0, 0.1) is 5.92 Å². The molecule has 1 aliphatic rings. The number of likely N-dealkylation sites (tertiary alicyclic amines) is 1. The molecule has 2 amide bonds. The first-order valence-corrected chi connectivity index (χ1v) is 8.71. The van der Waals surface area contributed by atoms with Crippen LogP contribution in [-0.2, 0) is 19.1 Å². The quantitative estimate of drug-likeness (QED) is 0.690. The highest BCUT2D eigenvalue weighted by Crippen LogP contribution is 2.19. The molecule has 2 N–H and O–H groups in total. The Bertz CT molecular complexity index is 457. The molecule has 1 aliphatic heterocycles. The van der Waals surface area contributed by atoms with Gasteiger partial charge in [-0.2, -0.15) is 0 Å². The summed E-state index contributed by atoms with van der Waals surface area (Å²) in [5, 5.41) is 0. The molecule has 138 valence electrons. The topological polar surface area (TPSA) is 92.9 Å². The van der Waals surface area contributed by atoms with Crippen LogP contribution in [0.4, 0.5) is 0 Å². The third kappa shape index (κ3) is 5.47. The van der Waals surface area contributed by atoms with E-state index in [-0.39, 0.29) is 30.2 Å². The minimum Gasteiger partial charge on any atom is -0.466 e. The van der Waals surface area contributed by atoms with Crippen molar-refractivity contribution in [3.8, 4) is 0 Å². The molecule has 7 nitrogen and oxygen atoms in total. The number of piperidine rings is 1. The zero-order valence-corrected chi connectivity index (χ0v) is 15.3. The van der Waals surface area contributed by atoms with Gasteiger partial charge in [0.05, 0.1) is 24.6 Å². The summed E-state index contributed by atoms with van der Waals surface area (Å²) >= 11 is 0. The second kappa shape index (κ2) is 9.01. The van der Waals surface area contributed by atoms with Crippen molar-refractivity contribution >= 4 is 17.8 Å². The van der Waals surface area contributed by atoms with Crippen LogP contribution in [-0.4, -0.2) is 66.4 Å². The fraction of sp³-hybridized carbons (Fsp3) is 0.824. The molecule has 7 heteroatoms. The number of nitrogens with zero attached hydrogens (tertiary/aromatic N) is 2. The minimum absolute atomic E-state index is 0.0133. The molecule has 0 aromatic heterocycles. The first-order valence-electron chi connectivity index (χ1n) is 8.71. The molecule has 0 aliphatic carbocycles. The number of hydrogen-bond acceptors (Lipinski definition) is 5. The molecule has 0 bridgehead atoms. The summed E-state index contributed by atoms with van der Waals surface area (Å²) in [5.74, 6) is -0.653. The van der Waals surface area contributed by atoms with Crippen LogP contribution >= 0.6 is 0 Å². The molecular weight excluding hydrogens is 310 g/mol. The highest BCUT2D eigenvalue weighted by Gasteiger charge is 2.33. The van der Waals surface area contributed by atoms with E-state index in [9.17, 15) is 14.4 Å². The predicted molar refractivity (Wildman–Crippen MR) is 91.1 cm³/mol. The molecule has 1 atom stereocenters. The molecule has 1 fully saturated rings. The Morgan fingerprint density at radius 1 is 1.25 bits per heavy atom. The third-order valence-corrected chi connectivity index (χ3v) is 4.44. The van der Waals surface area contributed by atoms with Crippen LogP contribution in [0.2, 0.25) is 0 Å². The summed E-state index contributed by atoms with van der Waals surface area (Å²) < 4.78 is 5.02. The summed E-state index contributed by atoms with van der Waals surface area (Å²) in [6, 6.07) is 0. The van der Waals surface area contributed by atoms with Crippen molar-refractivity contribution in [2.45, 2.75) is 52.0 Å². The Hall–Kier alpha value is -1.63. The standard InChI is InChI=1S/C17H31N3O4/c1-5-9-17(3,18)16(23)19(4)12-14(21)20-10-7-13(8-11-20)15(22)24-6-2/h13H,5-12,18H2,1-4H3. The number of amides is 2. The maximum Gasteiger partial charge on any atom is 0.309 e. The van der Waals surface area contributed by atoms with Gasteiger partial charge in [-0.25, -0.2) is 0 Å². The number of esters is 1. The second-order valence-electron chi connectivity index (χ2n) is 6.74. The van der Waals surface area contributed by atoms with E-state index in [1.807, 2.05) is 6.92 Å². The van der Waals surface area contributed by atoms with Crippen LogP contribution in [0.15, 0.2) is 0 Å². The Balaban J connectivity index is 2.49. The van der Waals surface area contributed by atoms with E-state index in [2.05, 4.69) is 0 Å². The first-order chi connectivity index (χ1) is 11.2. The normalized spacial score (nSPS) is 18.0. The number of likely N-dealkylation sites (N-methyl/N-ethyl adjacent to an activating group) is 1. The number of carbonyl (C=O) groups is 3. The molecule has 0 radical (unpaired) electrons. The van der Waals surface area contributed by atoms with Crippen molar-refractivity contribution in [2.75, 3.05) is 33.3 Å². The van der Waals surface area contributed by atoms with E-state index in [4.69, 9.17) is 10.5 Å². The van der Waals surface area contributed by atoms with Crippen molar-refractivity contribution in [2.24, 2.45) is 11.7 Å².